The molecule has 0 aliphatic rings. The molecule has 64 valence electrons. The lowest BCUT2D eigenvalue weighted by Crippen LogP contribution is -1.91. The van der Waals surface area contributed by atoms with E-state index >= 15 is 0 Å². The predicted octanol–water partition coefficient (Wildman–Crippen LogP) is 1.92. The standard InChI is InChI=1S/C8H9NO3/c1-5-3-6(2)8(10)7(4-5)9(11)12/h3-4,10H,1-2H3. The van der Waals surface area contributed by atoms with Gasteiger partial charge in [-0.25, -0.2) is 0 Å². The zero-order valence-corrected chi connectivity index (χ0v) is 6.87. The number of aryl methyl sites for hydroxylation is 2. The minimum absolute atomic E-state index is 0.229. The summed E-state index contributed by atoms with van der Waals surface area (Å²) in [6.07, 6.45) is 0. The largest absolute Gasteiger partial charge is 0.502 e. The summed E-state index contributed by atoms with van der Waals surface area (Å²) in [5.74, 6) is -0.245. The highest BCUT2D eigenvalue weighted by atomic mass is 16.6. The first-order valence-corrected chi connectivity index (χ1v) is 3.47. The van der Waals surface area contributed by atoms with Crippen molar-refractivity contribution in [3.63, 3.8) is 0 Å². The van der Waals surface area contributed by atoms with Gasteiger partial charge in [0, 0.05) is 6.07 Å². The molecular weight excluding hydrogens is 158 g/mol. The first kappa shape index (κ1) is 8.52. The zero-order chi connectivity index (χ0) is 9.30. The minimum Gasteiger partial charge on any atom is -0.502 e. The second-order valence-electron chi connectivity index (χ2n) is 2.71. The SMILES string of the molecule is Cc1cc(C)c(O)c([N+](=O)[O-])c1. The molecule has 0 saturated heterocycles. The summed E-state index contributed by atoms with van der Waals surface area (Å²) in [5, 5.41) is 19.6. The van der Waals surface area contributed by atoms with Crippen LogP contribution in [0.5, 0.6) is 5.75 Å². The molecule has 4 nitrogen and oxygen atoms in total. The van der Waals surface area contributed by atoms with Crippen LogP contribution in [0.2, 0.25) is 0 Å². The third-order valence-electron chi connectivity index (χ3n) is 1.62. The number of hydrogen-bond acceptors (Lipinski definition) is 3. The average molecular weight is 167 g/mol. The van der Waals surface area contributed by atoms with E-state index in [4.69, 9.17) is 0 Å². The third-order valence-corrected chi connectivity index (χ3v) is 1.62. The van der Waals surface area contributed by atoms with Crippen LogP contribution >= 0.6 is 0 Å². The summed E-state index contributed by atoms with van der Waals surface area (Å²) >= 11 is 0. The van der Waals surface area contributed by atoms with Crippen molar-refractivity contribution in [2.75, 3.05) is 0 Å². The monoisotopic (exact) mass is 167 g/mol. The summed E-state index contributed by atoms with van der Waals surface area (Å²) in [6.45, 7) is 3.38. The molecule has 0 unspecified atom stereocenters. The average Bonchev–Trinajstić information content (AvgIpc) is 1.96. The molecule has 0 bridgehead atoms. The maximum absolute atomic E-state index is 10.4. The molecule has 0 radical (unpaired) electrons. The number of rotatable bonds is 1. The first-order chi connectivity index (χ1) is 5.52. The van der Waals surface area contributed by atoms with Gasteiger partial charge in [0.2, 0.25) is 0 Å². The van der Waals surface area contributed by atoms with Crippen LogP contribution in [0.25, 0.3) is 0 Å². The van der Waals surface area contributed by atoms with Gasteiger partial charge < -0.3 is 5.11 Å². The summed E-state index contributed by atoms with van der Waals surface area (Å²) in [6, 6.07) is 3.05. The van der Waals surface area contributed by atoms with Crippen molar-refractivity contribution in [2.45, 2.75) is 13.8 Å². The van der Waals surface area contributed by atoms with Gasteiger partial charge in [0.05, 0.1) is 4.92 Å². The van der Waals surface area contributed by atoms with Crippen LogP contribution in [0, 0.1) is 24.0 Å². The number of hydrogen-bond donors (Lipinski definition) is 1. The van der Waals surface area contributed by atoms with Gasteiger partial charge in [-0.1, -0.05) is 6.07 Å². The lowest BCUT2D eigenvalue weighted by Gasteiger charge is -2.00. The molecular formula is C8H9NO3. The van der Waals surface area contributed by atoms with Crippen LogP contribution in [0.4, 0.5) is 5.69 Å². The normalized spacial score (nSPS) is 9.83. The van der Waals surface area contributed by atoms with Crippen LogP contribution in [-0.4, -0.2) is 10.0 Å². The van der Waals surface area contributed by atoms with Gasteiger partial charge in [0.25, 0.3) is 0 Å². The summed E-state index contributed by atoms with van der Waals surface area (Å²) in [5.41, 5.74) is 1.08. The van der Waals surface area contributed by atoms with E-state index in [0.29, 0.717) is 5.56 Å². The van der Waals surface area contributed by atoms with Gasteiger partial charge in [-0.05, 0) is 25.0 Å². The van der Waals surface area contributed by atoms with Gasteiger partial charge in [0.1, 0.15) is 0 Å². The van der Waals surface area contributed by atoms with Gasteiger partial charge in [-0.2, -0.15) is 0 Å². The fourth-order valence-corrected chi connectivity index (χ4v) is 1.08. The molecule has 1 aromatic carbocycles. The first-order valence-electron chi connectivity index (χ1n) is 3.47. The Bertz CT molecular complexity index is 333. The van der Waals surface area contributed by atoms with Crippen LogP contribution < -0.4 is 0 Å². The molecule has 0 aliphatic carbocycles. The van der Waals surface area contributed by atoms with E-state index in [1.165, 1.54) is 6.07 Å². The zero-order valence-electron chi connectivity index (χ0n) is 6.87. The van der Waals surface area contributed by atoms with Gasteiger partial charge in [-0.3, -0.25) is 10.1 Å². The Hall–Kier alpha value is -1.58. The van der Waals surface area contributed by atoms with E-state index in [-0.39, 0.29) is 11.4 Å². The van der Waals surface area contributed by atoms with Crippen molar-refractivity contribution in [2.24, 2.45) is 0 Å². The predicted molar refractivity (Wildman–Crippen MR) is 44.2 cm³/mol. The fraction of sp³-hybridized carbons (Fsp3) is 0.250. The maximum atomic E-state index is 10.4. The minimum atomic E-state index is -0.588. The molecule has 0 heterocycles. The number of benzene rings is 1. The fourth-order valence-electron chi connectivity index (χ4n) is 1.08. The highest BCUT2D eigenvalue weighted by Crippen LogP contribution is 2.29. The van der Waals surface area contributed by atoms with Crippen molar-refractivity contribution in [1.29, 1.82) is 0 Å². The lowest BCUT2D eigenvalue weighted by atomic mass is 10.1. The highest BCUT2D eigenvalue weighted by Gasteiger charge is 2.14. The Kier molecular flexibility index (Phi) is 1.99. The van der Waals surface area contributed by atoms with Gasteiger partial charge >= 0.3 is 5.69 Å². The molecule has 1 N–H and O–H groups in total. The Labute approximate surface area is 69.6 Å². The Morgan fingerprint density at radius 2 is 2.00 bits per heavy atom. The number of nitro groups is 1. The van der Waals surface area contributed by atoms with Crippen molar-refractivity contribution >= 4 is 5.69 Å². The van der Waals surface area contributed by atoms with E-state index in [0.717, 1.165) is 5.56 Å². The third kappa shape index (κ3) is 1.37. The van der Waals surface area contributed by atoms with Crippen molar-refractivity contribution < 1.29 is 10.0 Å². The number of nitro benzene ring substituents is 1. The van der Waals surface area contributed by atoms with E-state index < -0.39 is 4.92 Å². The van der Waals surface area contributed by atoms with E-state index in [9.17, 15) is 15.2 Å². The smallest absolute Gasteiger partial charge is 0.311 e. The highest BCUT2D eigenvalue weighted by molar-refractivity contribution is 5.52. The lowest BCUT2D eigenvalue weighted by molar-refractivity contribution is -0.386. The molecule has 4 heteroatoms. The molecule has 1 aromatic rings. The molecule has 0 atom stereocenters. The van der Waals surface area contributed by atoms with Crippen LogP contribution in [0.15, 0.2) is 12.1 Å². The number of nitrogens with zero attached hydrogens (tertiary/aromatic N) is 1. The van der Waals surface area contributed by atoms with Crippen LogP contribution in [0.3, 0.4) is 0 Å². The second-order valence-corrected chi connectivity index (χ2v) is 2.71. The Balaban J connectivity index is 3.37. The van der Waals surface area contributed by atoms with E-state index in [1.54, 1.807) is 19.9 Å². The number of aromatic hydroxyl groups is 1. The van der Waals surface area contributed by atoms with Crippen LogP contribution in [0.1, 0.15) is 11.1 Å². The van der Waals surface area contributed by atoms with Gasteiger partial charge in [-0.15, -0.1) is 0 Å². The van der Waals surface area contributed by atoms with Crippen molar-refractivity contribution in [1.82, 2.24) is 0 Å². The molecule has 0 aliphatic heterocycles. The summed E-state index contributed by atoms with van der Waals surface area (Å²) < 4.78 is 0. The molecule has 0 amide bonds. The van der Waals surface area contributed by atoms with Crippen molar-refractivity contribution in [3.8, 4) is 5.75 Å². The number of phenolic OH excluding ortho intramolecular Hbond substituents is 1. The second kappa shape index (κ2) is 2.81. The quantitative estimate of drug-likeness (QED) is 0.513. The topological polar surface area (TPSA) is 63.4 Å². The Morgan fingerprint density at radius 1 is 1.42 bits per heavy atom. The molecule has 0 saturated carbocycles. The molecule has 0 spiro atoms. The van der Waals surface area contributed by atoms with E-state index in [2.05, 4.69) is 0 Å². The molecule has 12 heavy (non-hydrogen) atoms. The number of phenols is 1. The van der Waals surface area contributed by atoms with E-state index in [1.807, 2.05) is 0 Å². The van der Waals surface area contributed by atoms with Crippen molar-refractivity contribution in [3.05, 3.63) is 33.4 Å². The maximum Gasteiger partial charge on any atom is 0.311 e. The summed E-state index contributed by atoms with van der Waals surface area (Å²) in [7, 11) is 0. The molecule has 0 aromatic heterocycles. The molecule has 0 fully saturated rings. The van der Waals surface area contributed by atoms with Gasteiger partial charge in [0.15, 0.2) is 5.75 Å². The Morgan fingerprint density at radius 3 is 2.50 bits per heavy atom. The van der Waals surface area contributed by atoms with Crippen LogP contribution in [-0.2, 0) is 0 Å². The molecule has 1 rings (SSSR count). The summed E-state index contributed by atoms with van der Waals surface area (Å²) in [4.78, 5) is 9.78.